The van der Waals surface area contributed by atoms with E-state index in [1.54, 1.807) is 12.2 Å². The molecule has 1 N–H and O–H groups in total. The summed E-state index contributed by atoms with van der Waals surface area (Å²) in [5.41, 5.74) is 0. The molecule has 1 atom stereocenters. The standard InChI is InChI=1S/C7H10F3NO/c8-7(9,10)6(12)5-11-3-1-2-4-11/h1-2,6,12H,3-5H2. The molecule has 70 valence electrons. The zero-order valence-corrected chi connectivity index (χ0v) is 6.38. The molecule has 0 amide bonds. The normalized spacial score (nSPS) is 21.7. The molecule has 1 heterocycles. The van der Waals surface area contributed by atoms with Gasteiger partial charge in [0.1, 0.15) is 0 Å². The molecule has 0 radical (unpaired) electrons. The Labute approximate surface area is 68.3 Å². The molecule has 0 aromatic heterocycles. The Kier molecular flexibility index (Phi) is 2.74. The minimum Gasteiger partial charge on any atom is -0.382 e. The quantitative estimate of drug-likeness (QED) is 0.636. The van der Waals surface area contributed by atoms with Crippen LogP contribution in [0.3, 0.4) is 0 Å². The van der Waals surface area contributed by atoms with Crippen LogP contribution < -0.4 is 0 Å². The number of halogens is 3. The first kappa shape index (κ1) is 9.54. The van der Waals surface area contributed by atoms with Crippen molar-refractivity contribution in [1.29, 1.82) is 0 Å². The molecule has 0 bridgehead atoms. The van der Waals surface area contributed by atoms with Gasteiger partial charge in [-0.1, -0.05) is 12.2 Å². The number of alkyl halides is 3. The van der Waals surface area contributed by atoms with E-state index in [1.165, 1.54) is 4.90 Å². The lowest BCUT2D eigenvalue weighted by atomic mass is 10.3. The highest BCUT2D eigenvalue weighted by atomic mass is 19.4. The van der Waals surface area contributed by atoms with E-state index in [4.69, 9.17) is 5.11 Å². The van der Waals surface area contributed by atoms with Crippen LogP contribution in [0.2, 0.25) is 0 Å². The Bertz CT molecular complexity index is 170. The zero-order valence-electron chi connectivity index (χ0n) is 6.38. The predicted octanol–water partition coefficient (Wildman–Crippen LogP) is 0.781. The summed E-state index contributed by atoms with van der Waals surface area (Å²) >= 11 is 0. The molecule has 1 aliphatic heterocycles. The van der Waals surface area contributed by atoms with Crippen LogP contribution in [0.15, 0.2) is 12.2 Å². The summed E-state index contributed by atoms with van der Waals surface area (Å²) in [6.45, 7) is 0.650. The molecule has 1 aliphatic rings. The summed E-state index contributed by atoms with van der Waals surface area (Å²) in [4.78, 5) is 1.53. The molecule has 0 aliphatic carbocycles. The van der Waals surface area contributed by atoms with E-state index in [9.17, 15) is 13.2 Å². The first-order chi connectivity index (χ1) is 5.50. The Morgan fingerprint density at radius 2 is 1.83 bits per heavy atom. The zero-order chi connectivity index (χ0) is 9.19. The van der Waals surface area contributed by atoms with Gasteiger partial charge in [0.25, 0.3) is 0 Å². The molecule has 2 nitrogen and oxygen atoms in total. The molecule has 1 rings (SSSR count). The van der Waals surface area contributed by atoms with Gasteiger partial charge in [-0.2, -0.15) is 13.2 Å². The molecule has 0 saturated heterocycles. The van der Waals surface area contributed by atoms with Crippen molar-refractivity contribution in [1.82, 2.24) is 4.90 Å². The van der Waals surface area contributed by atoms with Gasteiger partial charge in [0.2, 0.25) is 0 Å². The van der Waals surface area contributed by atoms with Crippen molar-refractivity contribution in [3.05, 3.63) is 12.2 Å². The van der Waals surface area contributed by atoms with Crippen molar-refractivity contribution in [2.75, 3.05) is 19.6 Å². The highest BCUT2D eigenvalue weighted by molar-refractivity contribution is 4.96. The molecular formula is C7H10F3NO. The van der Waals surface area contributed by atoms with E-state index in [0.29, 0.717) is 13.1 Å². The highest BCUT2D eigenvalue weighted by Gasteiger charge is 2.39. The van der Waals surface area contributed by atoms with Gasteiger partial charge >= 0.3 is 6.18 Å². The first-order valence-electron chi connectivity index (χ1n) is 3.62. The van der Waals surface area contributed by atoms with Gasteiger partial charge in [-0.25, -0.2) is 0 Å². The van der Waals surface area contributed by atoms with Gasteiger partial charge in [0.05, 0.1) is 0 Å². The van der Waals surface area contributed by atoms with Crippen LogP contribution in [0.25, 0.3) is 0 Å². The fraction of sp³-hybridized carbons (Fsp3) is 0.714. The van der Waals surface area contributed by atoms with E-state index in [-0.39, 0.29) is 6.54 Å². The number of hydrogen-bond donors (Lipinski definition) is 1. The van der Waals surface area contributed by atoms with Crippen molar-refractivity contribution in [2.24, 2.45) is 0 Å². The molecule has 1 unspecified atom stereocenters. The van der Waals surface area contributed by atoms with Crippen molar-refractivity contribution in [2.45, 2.75) is 12.3 Å². The lowest BCUT2D eigenvalue weighted by molar-refractivity contribution is -0.207. The monoisotopic (exact) mass is 181 g/mol. The largest absolute Gasteiger partial charge is 0.415 e. The summed E-state index contributed by atoms with van der Waals surface area (Å²) in [5, 5.41) is 8.65. The third-order valence-electron chi connectivity index (χ3n) is 1.70. The highest BCUT2D eigenvalue weighted by Crippen LogP contribution is 2.21. The van der Waals surface area contributed by atoms with Crippen LogP contribution in [0.1, 0.15) is 0 Å². The van der Waals surface area contributed by atoms with E-state index in [0.717, 1.165) is 0 Å². The number of nitrogens with zero attached hydrogens (tertiary/aromatic N) is 1. The first-order valence-corrected chi connectivity index (χ1v) is 3.62. The smallest absolute Gasteiger partial charge is 0.382 e. The maximum atomic E-state index is 11.8. The summed E-state index contributed by atoms with van der Waals surface area (Å²) in [6, 6.07) is 0. The van der Waals surface area contributed by atoms with Gasteiger partial charge < -0.3 is 5.11 Å². The summed E-state index contributed by atoms with van der Waals surface area (Å²) in [6.07, 6.45) is -3.16. The number of hydrogen-bond acceptors (Lipinski definition) is 2. The fourth-order valence-corrected chi connectivity index (χ4v) is 1.02. The Morgan fingerprint density at radius 1 is 1.33 bits per heavy atom. The third-order valence-corrected chi connectivity index (χ3v) is 1.70. The van der Waals surface area contributed by atoms with Gasteiger partial charge in [0, 0.05) is 19.6 Å². The summed E-state index contributed by atoms with van der Waals surface area (Å²) < 4.78 is 35.4. The van der Waals surface area contributed by atoms with Crippen LogP contribution in [0.4, 0.5) is 13.2 Å². The predicted molar refractivity (Wildman–Crippen MR) is 37.6 cm³/mol. The maximum absolute atomic E-state index is 11.8. The van der Waals surface area contributed by atoms with Crippen LogP contribution in [0.5, 0.6) is 0 Å². The summed E-state index contributed by atoms with van der Waals surface area (Å²) in [7, 11) is 0. The van der Waals surface area contributed by atoms with E-state index >= 15 is 0 Å². The molecule has 5 heteroatoms. The van der Waals surface area contributed by atoms with Crippen molar-refractivity contribution < 1.29 is 18.3 Å². The molecule has 12 heavy (non-hydrogen) atoms. The Balaban J connectivity index is 2.31. The lowest BCUT2D eigenvalue weighted by Crippen LogP contribution is -2.39. The second-order valence-electron chi connectivity index (χ2n) is 2.75. The third kappa shape index (κ3) is 2.49. The summed E-state index contributed by atoms with van der Waals surface area (Å²) in [5.74, 6) is 0. The topological polar surface area (TPSA) is 23.5 Å². The van der Waals surface area contributed by atoms with Gasteiger partial charge in [-0.05, 0) is 0 Å². The average molecular weight is 181 g/mol. The molecule has 0 spiro atoms. The van der Waals surface area contributed by atoms with Crippen molar-refractivity contribution in [3.8, 4) is 0 Å². The van der Waals surface area contributed by atoms with Crippen molar-refractivity contribution >= 4 is 0 Å². The van der Waals surface area contributed by atoms with E-state index < -0.39 is 12.3 Å². The molecule has 0 saturated carbocycles. The van der Waals surface area contributed by atoms with Crippen LogP contribution >= 0.6 is 0 Å². The Hall–Kier alpha value is -0.550. The Morgan fingerprint density at radius 3 is 2.25 bits per heavy atom. The maximum Gasteiger partial charge on any atom is 0.415 e. The number of β-amino-alcohol motifs (C(OH)–C–C–N with tert-alkyl or cyclic N) is 1. The van der Waals surface area contributed by atoms with Crippen LogP contribution in [-0.2, 0) is 0 Å². The van der Waals surface area contributed by atoms with Crippen LogP contribution in [0, 0.1) is 0 Å². The number of aliphatic hydroxyl groups excluding tert-OH is 1. The van der Waals surface area contributed by atoms with E-state index in [2.05, 4.69) is 0 Å². The molecule has 0 aromatic carbocycles. The van der Waals surface area contributed by atoms with Crippen LogP contribution in [-0.4, -0.2) is 41.9 Å². The molecule has 0 fully saturated rings. The molecule has 0 aromatic rings. The molecular weight excluding hydrogens is 171 g/mol. The average Bonchev–Trinajstić information content (AvgIpc) is 2.37. The lowest BCUT2D eigenvalue weighted by Gasteiger charge is -2.20. The second-order valence-corrected chi connectivity index (χ2v) is 2.75. The van der Waals surface area contributed by atoms with Gasteiger partial charge in [-0.3, -0.25) is 4.90 Å². The minimum atomic E-state index is -4.50. The van der Waals surface area contributed by atoms with Gasteiger partial charge in [-0.15, -0.1) is 0 Å². The minimum absolute atomic E-state index is 0.337. The fourth-order valence-electron chi connectivity index (χ4n) is 1.02. The van der Waals surface area contributed by atoms with Gasteiger partial charge in [0.15, 0.2) is 6.10 Å². The number of rotatable bonds is 2. The second kappa shape index (κ2) is 3.45. The number of aliphatic hydroxyl groups is 1. The SMILES string of the molecule is OC(CN1CC=CC1)C(F)(F)F. The van der Waals surface area contributed by atoms with E-state index in [1.807, 2.05) is 0 Å². The van der Waals surface area contributed by atoms with Crippen molar-refractivity contribution in [3.63, 3.8) is 0 Å².